The maximum atomic E-state index is 10.6. The van der Waals surface area contributed by atoms with Gasteiger partial charge in [-0.2, -0.15) is 0 Å². The normalized spacial score (nSPS) is 9.67. The zero-order valence-corrected chi connectivity index (χ0v) is 8.45. The molecule has 0 amide bonds. The summed E-state index contributed by atoms with van der Waals surface area (Å²) in [6.07, 6.45) is 0. The number of nitrogens with one attached hydrogen (secondary N) is 1. The van der Waals surface area contributed by atoms with E-state index in [0.717, 1.165) is 5.57 Å². The number of carboxylic acids is 1. The predicted octanol–water partition coefficient (Wildman–Crippen LogP) is 2.08. The maximum Gasteiger partial charge on any atom is 0.339 e. The Bertz CT molecular complexity index is 399. The van der Waals surface area contributed by atoms with Crippen molar-refractivity contribution >= 4 is 11.7 Å². The number of rotatable bonds is 4. The van der Waals surface area contributed by atoms with Gasteiger partial charge in [0.15, 0.2) is 0 Å². The molecule has 0 bridgehead atoms. The number of carbonyl (C=O) groups is 1. The van der Waals surface area contributed by atoms with Crippen LogP contribution < -0.4 is 5.32 Å². The van der Waals surface area contributed by atoms with Crippen molar-refractivity contribution in [2.75, 3.05) is 11.9 Å². The van der Waals surface area contributed by atoms with Crippen LogP contribution in [0.15, 0.2) is 30.4 Å². The van der Waals surface area contributed by atoms with E-state index in [4.69, 9.17) is 5.11 Å². The van der Waals surface area contributed by atoms with Crippen LogP contribution in [-0.2, 0) is 0 Å². The number of aromatic hydroxyl groups is 1. The zero-order chi connectivity index (χ0) is 11.4. The summed E-state index contributed by atoms with van der Waals surface area (Å²) in [5.41, 5.74) is 1.52. The first-order valence-corrected chi connectivity index (χ1v) is 4.45. The summed E-state index contributed by atoms with van der Waals surface area (Å²) in [6, 6.07) is 4.34. The lowest BCUT2D eigenvalue weighted by molar-refractivity contribution is 0.0694. The van der Waals surface area contributed by atoms with Gasteiger partial charge in [0, 0.05) is 18.3 Å². The van der Waals surface area contributed by atoms with Gasteiger partial charge in [0.2, 0.25) is 0 Å². The molecular weight excluding hydrogens is 194 g/mol. The average molecular weight is 207 g/mol. The van der Waals surface area contributed by atoms with E-state index >= 15 is 0 Å². The monoisotopic (exact) mass is 207 g/mol. The molecule has 0 spiro atoms. The van der Waals surface area contributed by atoms with Crippen molar-refractivity contribution in [1.29, 1.82) is 0 Å². The topological polar surface area (TPSA) is 69.6 Å². The number of aromatic carboxylic acids is 1. The molecule has 3 N–H and O–H groups in total. The largest absolute Gasteiger partial charge is 0.507 e. The second-order valence-corrected chi connectivity index (χ2v) is 3.35. The van der Waals surface area contributed by atoms with E-state index in [1.54, 1.807) is 6.07 Å². The first-order chi connectivity index (χ1) is 7.00. The number of benzene rings is 1. The fourth-order valence-corrected chi connectivity index (χ4v) is 1.08. The third kappa shape index (κ3) is 3.02. The first-order valence-electron chi connectivity index (χ1n) is 4.45. The quantitative estimate of drug-likeness (QED) is 0.661. The number of hydrogen-bond donors (Lipinski definition) is 3. The number of phenols is 1. The summed E-state index contributed by atoms with van der Waals surface area (Å²) in [6.45, 7) is 6.18. The molecule has 1 aromatic carbocycles. The van der Waals surface area contributed by atoms with E-state index < -0.39 is 5.97 Å². The molecule has 0 fully saturated rings. The second kappa shape index (κ2) is 4.50. The summed E-state index contributed by atoms with van der Waals surface area (Å²) >= 11 is 0. The lowest BCUT2D eigenvalue weighted by Crippen LogP contribution is -2.03. The summed E-state index contributed by atoms with van der Waals surface area (Å²) in [4.78, 5) is 10.6. The van der Waals surface area contributed by atoms with Gasteiger partial charge in [-0.15, -0.1) is 0 Å². The van der Waals surface area contributed by atoms with Crippen molar-refractivity contribution < 1.29 is 15.0 Å². The van der Waals surface area contributed by atoms with E-state index in [1.165, 1.54) is 12.1 Å². The Hall–Kier alpha value is -1.97. The van der Waals surface area contributed by atoms with Gasteiger partial charge in [0.05, 0.1) is 0 Å². The molecule has 0 unspecified atom stereocenters. The number of hydrogen-bond acceptors (Lipinski definition) is 3. The van der Waals surface area contributed by atoms with E-state index in [0.29, 0.717) is 12.2 Å². The average Bonchev–Trinajstić information content (AvgIpc) is 2.14. The lowest BCUT2D eigenvalue weighted by atomic mass is 10.2. The summed E-state index contributed by atoms with van der Waals surface area (Å²) in [7, 11) is 0. The van der Waals surface area contributed by atoms with Crippen LogP contribution in [0, 0.1) is 0 Å². The van der Waals surface area contributed by atoms with Crippen LogP contribution in [0.2, 0.25) is 0 Å². The molecule has 0 aromatic heterocycles. The lowest BCUT2D eigenvalue weighted by Gasteiger charge is -2.07. The van der Waals surface area contributed by atoms with Crippen LogP contribution in [0.4, 0.5) is 5.69 Å². The fourth-order valence-electron chi connectivity index (χ4n) is 1.08. The van der Waals surface area contributed by atoms with Gasteiger partial charge in [-0.05, 0) is 19.1 Å². The van der Waals surface area contributed by atoms with Crippen LogP contribution in [0.1, 0.15) is 17.3 Å². The molecule has 15 heavy (non-hydrogen) atoms. The van der Waals surface area contributed by atoms with Crippen molar-refractivity contribution in [1.82, 2.24) is 0 Å². The number of anilines is 1. The van der Waals surface area contributed by atoms with Crippen molar-refractivity contribution in [3.8, 4) is 5.75 Å². The summed E-state index contributed by atoms with van der Waals surface area (Å²) in [5, 5.41) is 21.1. The van der Waals surface area contributed by atoms with Crippen molar-refractivity contribution in [3.63, 3.8) is 0 Å². The summed E-state index contributed by atoms with van der Waals surface area (Å²) < 4.78 is 0. The van der Waals surface area contributed by atoms with Crippen LogP contribution in [0.5, 0.6) is 5.75 Å². The molecule has 4 nitrogen and oxygen atoms in total. The molecule has 0 aliphatic heterocycles. The second-order valence-electron chi connectivity index (χ2n) is 3.35. The van der Waals surface area contributed by atoms with Gasteiger partial charge in [-0.1, -0.05) is 12.2 Å². The molecule has 0 atom stereocenters. The van der Waals surface area contributed by atoms with Gasteiger partial charge in [-0.25, -0.2) is 4.79 Å². The molecule has 0 heterocycles. The molecule has 4 heteroatoms. The van der Waals surface area contributed by atoms with Crippen LogP contribution in [-0.4, -0.2) is 22.7 Å². The molecule has 0 aliphatic carbocycles. The van der Waals surface area contributed by atoms with E-state index in [1.807, 2.05) is 6.92 Å². The van der Waals surface area contributed by atoms with Crippen LogP contribution >= 0.6 is 0 Å². The van der Waals surface area contributed by atoms with Crippen molar-refractivity contribution in [2.45, 2.75) is 6.92 Å². The first kappa shape index (κ1) is 11.1. The highest BCUT2D eigenvalue weighted by Gasteiger charge is 2.08. The van der Waals surface area contributed by atoms with E-state index in [9.17, 15) is 9.90 Å². The Morgan fingerprint density at radius 1 is 1.53 bits per heavy atom. The van der Waals surface area contributed by atoms with Crippen LogP contribution in [0.25, 0.3) is 0 Å². The molecule has 0 aliphatic rings. The van der Waals surface area contributed by atoms with Gasteiger partial charge >= 0.3 is 5.97 Å². The molecular formula is C11H13NO3. The molecule has 0 saturated carbocycles. The molecule has 0 saturated heterocycles. The highest BCUT2D eigenvalue weighted by molar-refractivity contribution is 5.91. The minimum absolute atomic E-state index is 0.101. The molecule has 1 rings (SSSR count). The van der Waals surface area contributed by atoms with Gasteiger partial charge < -0.3 is 15.5 Å². The maximum absolute atomic E-state index is 10.6. The third-order valence-corrected chi connectivity index (χ3v) is 1.82. The number of carboxylic acid groups (broad SMARTS) is 1. The van der Waals surface area contributed by atoms with Gasteiger partial charge in [0.25, 0.3) is 0 Å². The van der Waals surface area contributed by atoms with E-state index in [2.05, 4.69) is 11.9 Å². The SMILES string of the molecule is C=C(C)CNc1ccc(C(=O)O)c(O)c1. The summed E-state index contributed by atoms with van der Waals surface area (Å²) in [5.74, 6) is -1.38. The Labute approximate surface area is 87.9 Å². The third-order valence-electron chi connectivity index (χ3n) is 1.82. The Morgan fingerprint density at radius 3 is 2.67 bits per heavy atom. The Balaban J connectivity index is 2.82. The van der Waals surface area contributed by atoms with Crippen molar-refractivity contribution in [3.05, 3.63) is 35.9 Å². The standard InChI is InChI=1S/C11H13NO3/c1-7(2)6-12-8-3-4-9(11(14)15)10(13)5-8/h3-5,12-13H,1,6H2,2H3,(H,14,15). The minimum Gasteiger partial charge on any atom is -0.507 e. The highest BCUT2D eigenvalue weighted by atomic mass is 16.4. The van der Waals surface area contributed by atoms with Crippen LogP contribution in [0.3, 0.4) is 0 Å². The smallest absolute Gasteiger partial charge is 0.339 e. The zero-order valence-electron chi connectivity index (χ0n) is 8.45. The van der Waals surface area contributed by atoms with E-state index in [-0.39, 0.29) is 11.3 Å². The fraction of sp³-hybridized carbons (Fsp3) is 0.182. The predicted molar refractivity (Wildman–Crippen MR) is 58.4 cm³/mol. The van der Waals surface area contributed by atoms with Crippen molar-refractivity contribution in [2.24, 2.45) is 0 Å². The Morgan fingerprint density at radius 2 is 2.20 bits per heavy atom. The molecule has 1 aromatic rings. The van der Waals surface area contributed by atoms with Gasteiger partial charge in [0.1, 0.15) is 11.3 Å². The minimum atomic E-state index is -1.14. The highest BCUT2D eigenvalue weighted by Crippen LogP contribution is 2.21. The van der Waals surface area contributed by atoms with Gasteiger partial charge in [-0.3, -0.25) is 0 Å². The Kier molecular flexibility index (Phi) is 3.33. The molecule has 0 radical (unpaired) electrons. The molecule has 80 valence electrons.